The molecule has 0 spiro atoms. The molecule has 15 heavy (non-hydrogen) atoms. The Balaban J connectivity index is 2.54. The molecule has 0 aliphatic rings. The molecule has 4 heteroatoms. The minimum Gasteiger partial charge on any atom is -0.373 e. The molecule has 2 heterocycles. The summed E-state index contributed by atoms with van der Waals surface area (Å²) in [5.41, 5.74) is 2.96. The molecule has 0 aromatic carbocycles. The van der Waals surface area contributed by atoms with Crippen LogP contribution in [-0.4, -0.2) is 22.0 Å². The third-order valence-corrected chi connectivity index (χ3v) is 2.26. The zero-order valence-electron chi connectivity index (χ0n) is 8.73. The summed E-state index contributed by atoms with van der Waals surface area (Å²) in [4.78, 5) is 12.5. The van der Waals surface area contributed by atoms with Crippen LogP contribution in [0.2, 0.25) is 0 Å². The first-order chi connectivity index (χ1) is 7.33. The van der Waals surface area contributed by atoms with Crippen LogP contribution < -0.4 is 5.32 Å². The summed E-state index contributed by atoms with van der Waals surface area (Å²) in [6.45, 7) is 1.99. The lowest BCUT2D eigenvalue weighted by atomic mass is 10.1. The summed E-state index contributed by atoms with van der Waals surface area (Å²) in [6, 6.07) is 3.89. The van der Waals surface area contributed by atoms with Crippen LogP contribution in [0.1, 0.15) is 5.56 Å². The SMILES string of the molecule is CNc1ncnc(-c2cccnc2)c1C. The Bertz CT molecular complexity index is 453. The quantitative estimate of drug-likeness (QED) is 0.804. The van der Waals surface area contributed by atoms with Gasteiger partial charge in [0.25, 0.3) is 0 Å². The standard InChI is InChI=1S/C11H12N4/c1-8-10(9-4-3-5-13-6-9)14-7-15-11(8)12-2/h3-7H,1-2H3,(H,12,14,15). The predicted octanol–water partition coefficient (Wildman–Crippen LogP) is 1.89. The first kappa shape index (κ1) is 9.58. The van der Waals surface area contributed by atoms with Crippen molar-refractivity contribution >= 4 is 5.82 Å². The highest BCUT2D eigenvalue weighted by molar-refractivity contribution is 5.66. The Labute approximate surface area is 88.4 Å². The first-order valence-electron chi connectivity index (χ1n) is 4.72. The van der Waals surface area contributed by atoms with Gasteiger partial charge in [0.05, 0.1) is 5.69 Å². The molecule has 0 fully saturated rings. The molecule has 76 valence electrons. The highest BCUT2D eigenvalue weighted by Crippen LogP contribution is 2.23. The maximum atomic E-state index is 4.27. The lowest BCUT2D eigenvalue weighted by Crippen LogP contribution is -1.99. The molecule has 2 aromatic rings. The zero-order valence-corrected chi connectivity index (χ0v) is 8.73. The van der Waals surface area contributed by atoms with Gasteiger partial charge in [0, 0.05) is 30.6 Å². The van der Waals surface area contributed by atoms with Gasteiger partial charge in [-0.05, 0) is 19.1 Å². The minimum atomic E-state index is 0.851. The van der Waals surface area contributed by atoms with Crippen molar-refractivity contribution in [1.29, 1.82) is 0 Å². The molecule has 0 radical (unpaired) electrons. The third kappa shape index (κ3) is 1.79. The number of nitrogens with one attached hydrogen (secondary N) is 1. The van der Waals surface area contributed by atoms with Gasteiger partial charge >= 0.3 is 0 Å². The van der Waals surface area contributed by atoms with Gasteiger partial charge in [-0.3, -0.25) is 4.98 Å². The van der Waals surface area contributed by atoms with Gasteiger partial charge in [-0.2, -0.15) is 0 Å². The topological polar surface area (TPSA) is 50.7 Å². The van der Waals surface area contributed by atoms with Crippen molar-refractivity contribution in [3.05, 3.63) is 36.4 Å². The molecule has 0 unspecified atom stereocenters. The van der Waals surface area contributed by atoms with Gasteiger partial charge in [0.15, 0.2) is 0 Å². The maximum Gasteiger partial charge on any atom is 0.132 e. The number of hydrogen-bond acceptors (Lipinski definition) is 4. The normalized spacial score (nSPS) is 10.0. The minimum absolute atomic E-state index is 0.851. The van der Waals surface area contributed by atoms with Crippen molar-refractivity contribution < 1.29 is 0 Å². The number of rotatable bonds is 2. The Kier molecular flexibility index (Phi) is 2.58. The summed E-state index contributed by atoms with van der Waals surface area (Å²) in [5, 5.41) is 3.03. The molecule has 0 atom stereocenters. The second-order valence-corrected chi connectivity index (χ2v) is 3.19. The predicted molar refractivity (Wildman–Crippen MR) is 59.5 cm³/mol. The maximum absolute atomic E-state index is 4.27. The lowest BCUT2D eigenvalue weighted by molar-refractivity contribution is 1.12. The van der Waals surface area contributed by atoms with Crippen molar-refractivity contribution in [2.24, 2.45) is 0 Å². The van der Waals surface area contributed by atoms with Crippen LogP contribution in [0, 0.1) is 6.92 Å². The van der Waals surface area contributed by atoms with E-state index in [0.29, 0.717) is 0 Å². The number of anilines is 1. The molecular formula is C11H12N4. The van der Waals surface area contributed by atoms with Gasteiger partial charge in [0.1, 0.15) is 12.1 Å². The molecule has 0 aliphatic carbocycles. The van der Waals surface area contributed by atoms with Gasteiger partial charge in [-0.25, -0.2) is 9.97 Å². The van der Waals surface area contributed by atoms with Crippen LogP contribution >= 0.6 is 0 Å². The molecule has 2 rings (SSSR count). The average molecular weight is 200 g/mol. The van der Waals surface area contributed by atoms with Crippen LogP contribution in [-0.2, 0) is 0 Å². The number of nitrogens with zero attached hydrogens (tertiary/aromatic N) is 3. The van der Waals surface area contributed by atoms with Gasteiger partial charge < -0.3 is 5.32 Å². The van der Waals surface area contributed by atoms with Crippen LogP contribution in [0.5, 0.6) is 0 Å². The molecule has 0 saturated carbocycles. The molecule has 0 aliphatic heterocycles. The monoisotopic (exact) mass is 200 g/mol. The van der Waals surface area contributed by atoms with Crippen molar-refractivity contribution in [2.75, 3.05) is 12.4 Å². The van der Waals surface area contributed by atoms with Crippen molar-refractivity contribution in [1.82, 2.24) is 15.0 Å². The van der Waals surface area contributed by atoms with E-state index >= 15 is 0 Å². The van der Waals surface area contributed by atoms with Crippen LogP contribution in [0.15, 0.2) is 30.9 Å². The van der Waals surface area contributed by atoms with E-state index in [1.54, 1.807) is 18.7 Å². The second-order valence-electron chi connectivity index (χ2n) is 3.19. The first-order valence-corrected chi connectivity index (χ1v) is 4.72. The Morgan fingerprint density at radius 3 is 2.80 bits per heavy atom. The van der Waals surface area contributed by atoms with Gasteiger partial charge in [-0.15, -0.1) is 0 Å². The molecule has 1 N–H and O–H groups in total. The van der Waals surface area contributed by atoms with E-state index in [0.717, 1.165) is 22.6 Å². The molecule has 0 saturated heterocycles. The molecule has 4 nitrogen and oxygen atoms in total. The van der Waals surface area contributed by atoms with Crippen LogP contribution in [0.3, 0.4) is 0 Å². The van der Waals surface area contributed by atoms with Crippen molar-refractivity contribution in [2.45, 2.75) is 6.92 Å². The molecule has 0 amide bonds. The summed E-state index contributed by atoms with van der Waals surface area (Å²) in [6.07, 6.45) is 5.11. The van der Waals surface area contributed by atoms with Gasteiger partial charge in [-0.1, -0.05) is 0 Å². The summed E-state index contributed by atoms with van der Waals surface area (Å²) in [5.74, 6) is 0.851. The second kappa shape index (κ2) is 4.04. The molecule has 0 bridgehead atoms. The Hall–Kier alpha value is -1.97. The number of pyridine rings is 1. The fourth-order valence-corrected chi connectivity index (χ4v) is 1.50. The van der Waals surface area contributed by atoms with Crippen LogP contribution in [0.25, 0.3) is 11.3 Å². The number of hydrogen-bond donors (Lipinski definition) is 1. The zero-order chi connectivity index (χ0) is 10.7. The smallest absolute Gasteiger partial charge is 0.132 e. The van der Waals surface area contributed by atoms with E-state index in [1.807, 2.05) is 26.1 Å². The van der Waals surface area contributed by atoms with E-state index in [4.69, 9.17) is 0 Å². The summed E-state index contributed by atoms with van der Waals surface area (Å²) in [7, 11) is 1.85. The average Bonchev–Trinajstić information content (AvgIpc) is 2.30. The van der Waals surface area contributed by atoms with E-state index < -0.39 is 0 Å². The fourth-order valence-electron chi connectivity index (χ4n) is 1.50. The highest BCUT2D eigenvalue weighted by atomic mass is 15.0. The van der Waals surface area contributed by atoms with E-state index in [-0.39, 0.29) is 0 Å². The fraction of sp³-hybridized carbons (Fsp3) is 0.182. The van der Waals surface area contributed by atoms with Crippen molar-refractivity contribution in [3.8, 4) is 11.3 Å². The molecular weight excluding hydrogens is 188 g/mol. The Morgan fingerprint density at radius 2 is 2.13 bits per heavy atom. The van der Waals surface area contributed by atoms with E-state index in [1.165, 1.54) is 0 Å². The Morgan fingerprint density at radius 1 is 1.27 bits per heavy atom. The van der Waals surface area contributed by atoms with Crippen molar-refractivity contribution in [3.63, 3.8) is 0 Å². The highest BCUT2D eigenvalue weighted by Gasteiger charge is 2.07. The van der Waals surface area contributed by atoms with Crippen LogP contribution in [0.4, 0.5) is 5.82 Å². The summed E-state index contributed by atoms with van der Waals surface area (Å²) >= 11 is 0. The third-order valence-electron chi connectivity index (χ3n) is 2.26. The van der Waals surface area contributed by atoms with E-state index in [9.17, 15) is 0 Å². The van der Waals surface area contributed by atoms with Gasteiger partial charge in [0.2, 0.25) is 0 Å². The van der Waals surface area contributed by atoms with E-state index in [2.05, 4.69) is 20.3 Å². The number of aromatic nitrogens is 3. The lowest BCUT2D eigenvalue weighted by Gasteiger charge is -2.07. The summed E-state index contributed by atoms with van der Waals surface area (Å²) < 4.78 is 0. The largest absolute Gasteiger partial charge is 0.373 e. The molecule has 2 aromatic heterocycles.